The minimum absolute atomic E-state index is 0.155. The highest BCUT2D eigenvalue weighted by molar-refractivity contribution is 7.15. The van der Waals surface area contributed by atoms with Crippen molar-refractivity contribution in [3.05, 3.63) is 10.6 Å². The SMILES string of the molecule is O=C(Nc1nc2c(s1)CN(C(=O)CCC1CCCC1)CC2)NC1CCCC1. The Bertz CT molecular complexity index is 678. The van der Waals surface area contributed by atoms with Crippen LogP contribution in [0.3, 0.4) is 0 Å². The Morgan fingerprint density at radius 1 is 1.11 bits per heavy atom. The summed E-state index contributed by atoms with van der Waals surface area (Å²) in [4.78, 5) is 32.4. The van der Waals surface area contributed by atoms with Crippen LogP contribution in [0.25, 0.3) is 0 Å². The molecule has 1 aromatic heterocycles. The van der Waals surface area contributed by atoms with E-state index in [4.69, 9.17) is 0 Å². The number of fused-ring (bicyclic) bond motifs is 1. The van der Waals surface area contributed by atoms with Crippen LogP contribution in [0.2, 0.25) is 0 Å². The Balaban J connectivity index is 1.27. The largest absolute Gasteiger partial charge is 0.337 e. The van der Waals surface area contributed by atoms with Crippen LogP contribution in [-0.2, 0) is 17.8 Å². The molecule has 0 saturated heterocycles. The van der Waals surface area contributed by atoms with E-state index in [1.54, 1.807) is 0 Å². The topological polar surface area (TPSA) is 74.3 Å². The zero-order valence-corrected chi connectivity index (χ0v) is 16.8. The van der Waals surface area contributed by atoms with Crippen LogP contribution in [-0.4, -0.2) is 34.4 Å². The van der Waals surface area contributed by atoms with Crippen LogP contribution in [0.1, 0.15) is 74.8 Å². The molecule has 0 bridgehead atoms. The molecular formula is C20H30N4O2S. The molecule has 3 aliphatic rings. The van der Waals surface area contributed by atoms with Gasteiger partial charge in [0.2, 0.25) is 5.91 Å². The lowest BCUT2D eigenvalue weighted by molar-refractivity contribution is -0.132. The molecule has 2 heterocycles. The number of amides is 3. The summed E-state index contributed by atoms with van der Waals surface area (Å²) in [5, 5.41) is 6.57. The molecule has 148 valence electrons. The summed E-state index contributed by atoms with van der Waals surface area (Å²) in [6.07, 6.45) is 12.3. The normalized spacial score (nSPS) is 20.7. The second-order valence-electron chi connectivity index (χ2n) is 8.22. The first-order valence-electron chi connectivity index (χ1n) is 10.5. The van der Waals surface area contributed by atoms with E-state index in [-0.39, 0.29) is 11.9 Å². The monoisotopic (exact) mass is 390 g/mol. The van der Waals surface area contributed by atoms with E-state index < -0.39 is 0 Å². The van der Waals surface area contributed by atoms with Crippen molar-refractivity contribution >= 4 is 28.4 Å². The van der Waals surface area contributed by atoms with Gasteiger partial charge in [0.1, 0.15) is 0 Å². The molecular weight excluding hydrogens is 360 g/mol. The number of nitrogens with zero attached hydrogens (tertiary/aromatic N) is 2. The van der Waals surface area contributed by atoms with Gasteiger partial charge in [-0.05, 0) is 25.2 Å². The number of anilines is 1. The molecule has 2 fully saturated rings. The van der Waals surface area contributed by atoms with Gasteiger partial charge in [0.15, 0.2) is 5.13 Å². The summed E-state index contributed by atoms with van der Waals surface area (Å²) in [5.41, 5.74) is 1.04. The fourth-order valence-corrected chi connectivity index (χ4v) is 5.65. The molecule has 2 N–H and O–H groups in total. The van der Waals surface area contributed by atoms with Gasteiger partial charge in [0, 0.05) is 30.3 Å². The van der Waals surface area contributed by atoms with Gasteiger partial charge >= 0.3 is 6.03 Å². The molecule has 0 unspecified atom stereocenters. The Morgan fingerprint density at radius 2 is 1.85 bits per heavy atom. The molecule has 0 radical (unpaired) electrons. The van der Waals surface area contributed by atoms with E-state index >= 15 is 0 Å². The lowest BCUT2D eigenvalue weighted by Gasteiger charge is -2.26. The predicted molar refractivity (Wildman–Crippen MR) is 107 cm³/mol. The maximum Gasteiger partial charge on any atom is 0.321 e. The van der Waals surface area contributed by atoms with E-state index in [1.165, 1.54) is 49.9 Å². The zero-order valence-electron chi connectivity index (χ0n) is 16.0. The summed E-state index contributed by atoms with van der Waals surface area (Å²) in [6.45, 7) is 1.39. The van der Waals surface area contributed by atoms with Gasteiger partial charge in [-0.2, -0.15) is 0 Å². The summed E-state index contributed by atoms with van der Waals surface area (Å²) < 4.78 is 0. The first-order valence-corrected chi connectivity index (χ1v) is 11.3. The van der Waals surface area contributed by atoms with Crippen LogP contribution in [0.15, 0.2) is 0 Å². The van der Waals surface area contributed by atoms with Gasteiger partial charge < -0.3 is 10.2 Å². The van der Waals surface area contributed by atoms with Gasteiger partial charge in [-0.25, -0.2) is 9.78 Å². The third kappa shape index (κ3) is 4.81. The van der Waals surface area contributed by atoms with Crippen LogP contribution in [0.4, 0.5) is 9.93 Å². The van der Waals surface area contributed by atoms with Gasteiger partial charge in [-0.1, -0.05) is 49.9 Å². The minimum Gasteiger partial charge on any atom is -0.337 e. The van der Waals surface area contributed by atoms with Crippen LogP contribution < -0.4 is 10.6 Å². The average molecular weight is 391 g/mol. The van der Waals surface area contributed by atoms with Gasteiger partial charge in [0.05, 0.1) is 12.2 Å². The van der Waals surface area contributed by atoms with Crippen molar-refractivity contribution in [3.8, 4) is 0 Å². The summed E-state index contributed by atoms with van der Waals surface area (Å²) >= 11 is 1.51. The summed E-state index contributed by atoms with van der Waals surface area (Å²) in [6, 6.07) is 0.144. The molecule has 7 heteroatoms. The Labute approximate surface area is 165 Å². The van der Waals surface area contributed by atoms with E-state index in [1.807, 2.05) is 4.90 Å². The molecule has 2 aliphatic carbocycles. The molecule has 0 atom stereocenters. The van der Waals surface area contributed by atoms with Crippen molar-refractivity contribution in [1.29, 1.82) is 0 Å². The third-order valence-electron chi connectivity index (χ3n) is 6.24. The second kappa shape index (κ2) is 8.59. The number of carbonyl (C=O) groups excluding carboxylic acids is 2. The molecule has 1 aromatic rings. The van der Waals surface area contributed by atoms with Gasteiger partial charge in [-0.3, -0.25) is 10.1 Å². The summed E-state index contributed by atoms with van der Waals surface area (Å²) in [7, 11) is 0. The molecule has 0 spiro atoms. The number of carbonyl (C=O) groups is 2. The van der Waals surface area contributed by atoms with E-state index in [0.29, 0.717) is 24.1 Å². The van der Waals surface area contributed by atoms with Gasteiger partial charge in [0.25, 0.3) is 0 Å². The predicted octanol–water partition coefficient (Wildman–Crippen LogP) is 4.06. The second-order valence-corrected chi connectivity index (χ2v) is 9.31. The van der Waals surface area contributed by atoms with Crippen molar-refractivity contribution < 1.29 is 9.59 Å². The van der Waals surface area contributed by atoms with Crippen LogP contribution in [0.5, 0.6) is 0 Å². The summed E-state index contributed by atoms with van der Waals surface area (Å²) in [5.74, 6) is 1.03. The molecule has 0 aromatic carbocycles. The van der Waals surface area contributed by atoms with Crippen molar-refractivity contribution in [2.75, 3.05) is 11.9 Å². The third-order valence-corrected chi connectivity index (χ3v) is 7.23. The van der Waals surface area contributed by atoms with E-state index in [0.717, 1.165) is 48.7 Å². The van der Waals surface area contributed by atoms with Crippen LogP contribution in [0, 0.1) is 5.92 Å². The standard InChI is InChI=1S/C20H30N4O2S/c25-18(10-9-14-5-1-2-6-14)24-12-11-16-17(13-24)27-20(22-16)23-19(26)21-15-7-3-4-8-15/h14-15H,1-13H2,(H2,21,22,23,26). The van der Waals surface area contributed by atoms with Crippen molar-refractivity contribution in [2.45, 2.75) is 83.2 Å². The first kappa shape index (κ1) is 18.7. The maximum atomic E-state index is 12.6. The highest BCUT2D eigenvalue weighted by Gasteiger charge is 2.26. The Kier molecular flexibility index (Phi) is 5.95. The number of nitrogens with one attached hydrogen (secondary N) is 2. The minimum atomic E-state index is -0.155. The van der Waals surface area contributed by atoms with Crippen molar-refractivity contribution in [3.63, 3.8) is 0 Å². The van der Waals surface area contributed by atoms with Crippen molar-refractivity contribution in [2.24, 2.45) is 5.92 Å². The number of hydrogen-bond acceptors (Lipinski definition) is 4. The number of aromatic nitrogens is 1. The lowest BCUT2D eigenvalue weighted by Crippen LogP contribution is -2.36. The number of rotatable bonds is 5. The smallest absolute Gasteiger partial charge is 0.321 e. The van der Waals surface area contributed by atoms with E-state index in [9.17, 15) is 9.59 Å². The molecule has 2 saturated carbocycles. The quantitative estimate of drug-likeness (QED) is 0.796. The molecule has 6 nitrogen and oxygen atoms in total. The number of urea groups is 1. The van der Waals surface area contributed by atoms with Crippen LogP contribution >= 0.6 is 11.3 Å². The zero-order chi connectivity index (χ0) is 18.6. The fourth-order valence-electron chi connectivity index (χ4n) is 4.64. The lowest BCUT2D eigenvalue weighted by atomic mass is 10.0. The molecule has 27 heavy (non-hydrogen) atoms. The van der Waals surface area contributed by atoms with E-state index in [2.05, 4.69) is 15.6 Å². The fraction of sp³-hybridized carbons (Fsp3) is 0.750. The molecule has 4 rings (SSSR count). The maximum absolute atomic E-state index is 12.6. The molecule has 1 aliphatic heterocycles. The highest BCUT2D eigenvalue weighted by Crippen LogP contribution is 2.31. The van der Waals surface area contributed by atoms with Gasteiger partial charge in [-0.15, -0.1) is 0 Å². The highest BCUT2D eigenvalue weighted by atomic mass is 32.1. The van der Waals surface area contributed by atoms with Crippen molar-refractivity contribution in [1.82, 2.24) is 15.2 Å². The number of thiazole rings is 1. The average Bonchev–Trinajstić information content (AvgIpc) is 3.40. The Morgan fingerprint density at radius 3 is 2.63 bits per heavy atom. The number of hydrogen-bond donors (Lipinski definition) is 2. The first-order chi connectivity index (χ1) is 13.2. The molecule has 3 amide bonds. The Hall–Kier alpha value is -1.63.